The van der Waals surface area contributed by atoms with Crippen LogP contribution >= 0.6 is 0 Å². The molecule has 2 radical (unpaired) electrons. The summed E-state index contributed by atoms with van der Waals surface area (Å²) in [6, 6.07) is 0. The maximum Gasteiger partial charge on any atom is 0.335 e. The van der Waals surface area contributed by atoms with Gasteiger partial charge in [0.1, 0.15) is 18.3 Å². The van der Waals surface area contributed by atoms with Gasteiger partial charge in [0, 0.05) is 23.1 Å². The van der Waals surface area contributed by atoms with Crippen LogP contribution in [0.3, 0.4) is 0 Å². The van der Waals surface area contributed by atoms with E-state index in [9.17, 15) is 4.79 Å². The highest BCUT2D eigenvalue weighted by Gasteiger charge is 2.33. The molecule has 0 rings (SSSR count). The smallest absolute Gasteiger partial charge is 0.335 e. The Kier molecular flexibility index (Phi) is 8.64. The fraction of sp³-hybridized carbons (Fsp3) is 0.833. The summed E-state index contributed by atoms with van der Waals surface area (Å²) in [5, 5.41) is 51.8. The van der Waals surface area contributed by atoms with E-state index in [1.165, 1.54) is 0 Å². The maximum atomic E-state index is 10.1. The number of carbonyl (C=O) groups is 1. The zero-order chi connectivity index (χ0) is 10.6. The topological polar surface area (TPSA) is 138 Å². The molecule has 0 aliphatic rings. The van der Waals surface area contributed by atoms with Crippen LogP contribution < -0.4 is 0 Å². The Morgan fingerprint density at radius 2 is 1.50 bits per heavy atom. The standard InChI is InChI=1S/C6H12O7.Mg/c7-1-2(8)3(9)4(10)5(11)6(12)13;/h2-5,7-11H,1H2,(H,12,13);. The molecule has 0 aliphatic heterocycles. The summed E-state index contributed by atoms with van der Waals surface area (Å²) in [5.41, 5.74) is 0. The molecule has 0 heterocycles. The van der Waals surface area contributed by atoms with E-state index in [0.717, 1.165) is 0 Å². The van der Waals surface area contributed by atoms with Crippen molar-refractivity contribution < 1.29 is 35.4 Å². The normalized spacial score (nSPS) is 18.9. The molecule has 14 heavy (non-hydrogen) atoms. The molecule has 0 amide bonds. The van der Waals surface area contributed by atoms with E-state index in [0.29, 0.717) is 0 Å². The van der Waals surface area contributed by atoms with Gasteiger partial charge in [0.25, 0.3) is 0 Å². The van der Waals surface area contributed by atoms with Crippen molar-refractivity contribution >= 4 is 29.0 Å². The monoisotopic (exact) mass is 220 g/mol. The average Bonchev–Trinajstić information content (AvgIpc) is 2.12. The van der Waals surface area contributed by atoms with E-state index in [1.54, 1.807) is 0 Å². The second-order valence-corrected chi connectivity index (χ2v) is 2.51. The lowest BCUT2D eigenvalue weighted by Gasteiger charge is -2.23. The average molecular weight is 220 g/mol. The number of carboxylic acid groups (broad SMARTS) is 1. The van der Waals surface area contributed by atoms with E-state index in [4.69, 9.17) is 30.6 Å². The van der Waals surface area contributed by atoms with Gasteiger partial charge in [0.15, 0.2) is 6.10 Å². The first-order chi connectivity index (χ1) is 5.91. The summed E-state index contributed by atoms with van der Waals surface area (Å²) >= 11 is 0. The van der Waals surface area contributed by atoms with E-state index in [-0.39, 0.29) is 23.1 Å². The highest BCUT2D eigenvalue weighted by Crippen LogP contribution is 2.04. The Hall–Kier alpha value is 0.0362. The van der Waals surface area contributed by atoms with E-state index >= 15 is 0 Å². The molecule has 0 fully saturated rings. The van der Waals surface area contributed by atoms with Gasteiger partial charge in [-0.25, -0.2) is 4.79 Å². The Balaban J connectivity index is 0. The molecular formula is C6H12MgO7. The minimum atomic E-state index is -2.20. The number of aliphatic hydroxyl groups is 5. The molecule has 0 aliphatic carbocycles. The van der Waals surface area contributed by atoms with Gasteiger partial charge in [-0.05, 0) is 0 Å². The fourth-order valence-corrected chi connectivity index (χ4v) is 0.668. The predicted molar refractivity (Wildman–Crippen MR) is 44.5 cm³/mol. The zero-order valence-electron chi connectivity index (χ0n) is 7.32. The van der Waals surface area contributed by atoms with Gasteiger partial charge >= 0.3 is 5.97 Å². The molecule has 0 aromatic heterocycles. The third-order valence-corrected chi connectivity index (χ3v) is 1.51. The number of hydrogen-bond acceptors (Lipinski definition) is 6. The minimum Gasteiger partial charge on any atom is -0.479 e. The van der Waals surface area contributed by atoms with Crippen molar-refractivity contribution in [1.29, 1.82) is 0 Å². The second kappa shape index (κ2) is 7.34. The van der Waals surface area contributed by atoms with Crippen LogP contribution in [-0.2, 0) is 4.79 Å². The molecular weight excluding hydrogens is 208 g/mol. The summed E-state index contributed by atoms with van der Waals surface area (Å²) in [5.74, 6) is -1.73. The molecule has 4 atom stereocenters. The fourth-order valence-electron chi connectivity index (χ4n) is 0.668. The van der Waals surface area contributed by atoms with Crippen LogP contribution in [-0.4, -0.2) is 90.7 Å². The van der Waals surface area contributed by atoms with E-state index in [1.807, 2.05) is 0 Å². The second-order valence-electron chi connectivity index (χ2n) is 2.51. The summed E-state index contributed by atoms with van der Waals surface area (Å²) in [6.45, 7) is -0.843. The van der Waals surface area contributed by atoms with Crippen molar-refractivity contribution in [3.05, 3.63) is 0 Å². The Bertz CT molecular complexity index is 176. The van der Waals surface area contributed by atoms with Crippen molar-refractivity contribution in [2.45, 2.75) is 24.4 Å². The lowest BCUT2D eigenvalue weighted by atomic mass is 10.0. The summed E-state index contributed by atoms with van der Waals surface area (Å²) in [4.78, 5) is 10.1. The van der Waals surface area contributed by atoms with Gasteiger partial charge in [-0.3, -0.25) is 0 Å². The molecule has 4 unspecified atom stereocenters. The molecule has 0 aromatic rings. The van der Waals surface area contributed by atoms with Gasteiger partial charge in [-0.1, -0.05) is 0 Å². The quantitative estimate of drug-likeness (QED) is 0.261. The predicted octanol–water partition coefficient (Wildman–Crippen LogP) is -3.87. The van der Waals surface area contributed by atoms with Crippen LogP contribution in [0, 0.1) is 0 Å². The van der Waals surface area contributed by atoms with Gasteiger partial charge in [0.2, 0.25) is 0 Å². The summed E-state index contributed by atoms with van der Waals surface area (Å²) < 4.78 is 0. The van der Waals surface area contributed by atoms with Crippen LogP contribution in [0.25, 0.3) is 0 Å². The maximum absolute atomic E-state index is 10.1. The van der Waals surface area contributed by atoms with Gasteiger partial charge in [-0.15, -0.1) is 0 Å². The van der Waals surface area contributed by atoms with Crippen LogP contribution in [0.4, 0.5) is 0 Å². The molecule has 8 heteroatoms. The first kappa shape index (κ1) is 16.5. The zero-order valence-corrected chi connectivity index (χ0v) is 8.73. The Morgan fingerprint density at radius 3 is 1.79 bits per heavy atom. The highest BCUT2D eigenvalue weighted by molar-refractivity contribution is 5.75. The summed E-state index contributed by atoms with van der Waals surface area (Å²) in [7, 11) is 0. The number of aliphatic hydroxyl groups excluding tert-OH is 5. The molecule has 7 nitrogen and oxygen atoms in total. The highest BCUT2D eigenvalue weighted by atomic mass is 24.3. The van der Waals surface area contributed by atoms with Crippen LogP contribution in [0.5, 0.6) is 0 Å². The molecule has 6 N–H and O–H groups in total. The molecule has 0 spiro atoms. The summed E-state index contributed by atoms with van der Waals surface area (Å²) in [6.07, 6.45) is -7.84. The molecule has 80 valence electrons. The van der Waals surface area contributed by atoms with E-state index < -0.39 is 37.0 Å². The lowest BCUT2D eigenvalue weighted by molar-refractivity contribution is -0.164. The van der Waals surface area contributed by atoms with Crippen LogP contribution in [0.15, 0.2) is 0 Å². The number of rotatable bonds is 5. The minimum absolute atomic E-state index is 0. The Morgan fingerprint density at radius 1 is 1.07 bits per heavy atom. The van der Waals surface area contributed by atoms with Crippen molar-refractivity contribution in [2.24, 2.45) is 0 Å². The van der Waals surface area contributed by atoms with Crippen LogP contribution in [0.1, 0.15) is 0 Å². The first-order valence-electron chi connectivity index (χ1n) is 3.47. The molecule has 0 aromatic carbocycles. The number of hydrogen-bond donors (Lipinski definition) is 6. The SMILES string of the molecule is O=C(O)C(O)C(O)C(O)C(O)CO.[Mg]. The molecule has 0 saturated heterocycles. The van der Waals surface area contributed by atoms with Gasteiger partial charge in [-0.2, -0.15) is 0 Å². The number of aliphatic carboxylic acids is 1. The Labute approximate surface area is 95.8 Å². The molecule has 0 bridgehead atoms. The third-order valence-electron chi connectivity index (χ3n) is 1.51. The van der Waals surface area contributed by atoms with Crippen LogP contribution in [0.2, 0.25) is 0 Å². The number of carboxylic acids is 1. The van der Waals surface area contributed by atoms with Gasteiger partial charge in [0.05, 0.1) is 6.61 Å². The lowest BCUT2D eigenvalue weighted by Crippen LogP contribution is -2.48. The van der Waals surface area contributed by atoms with Crippen molar-refractivity contribution in [2.75, 3.05) is 6.61 Å². The van der Waals surface area contributed by atoms with Crippen molar-refractivity contribution in [3.8, 4) is 0 Å². The first-order valence-corrected chi connectivity index (χ1v) is 3.47. The van der Waals surface area contributed by atoms with Crippen molar-refractivity contribution in [3.63, 3.8) is 0 Å². The van der Waals surface area contributed by atoms with Crippen molar-refractivity contribution in [1.82, 2.24) is 0 Å². The van der Waals surface area contributed by atoms with Gasteiger partial charge < -0.3 is 30.6 Å². The molecule has 0 saturated carbocycles. The largest absolute Gasteiger partial charge is 0.479 e. The third kappa shape index (κ3) is 4.51. The van der Waals surface area contributed by atoms with E-state index in [2.05, 4.69) is 0 Å².